The standard InChI is InChI=1S/C15H18ClN3OS/c1-9-6-11(16)7-12-13(9)18-15(21-12)19-5-3-4-10(8-19)14(20)17-2/h6-7,10H,3-5,8H2,1-2H3,(H,17,20). The summed E-state index contributed by atoms with van der Waals surface area (Å²) in [6.45, 7) is 3.73. The summed E-state index contributed by atoms with van der Waals surface area (Å²) in [6.07, 6.45) is 1.97. The molecular formula is C15H18ClN3OS. The minimum absolute atomic E-state index is 0.0560. The lowest BCUT2D eigenvalue weighted by Crippen LogP contribution is -2.42. The molecular weight excluding hydrogens is 306 g/mol. The first kappa shape index (κ1) is 14.6. The summed E-state index contributed by atoms with van der Waals surface area (Å²) in [5.41, 5.74) is 2.11. The van der Waals surface area contributed by atoms with Crippen LogP contribution in [0.25, 0.3) is 10.2 Å². The van der Waals surface area contributed by atoms with Crippen molar-refractivity contribution in [1.82, 2.24) is 10.3 Å². The van der Waals surface area contributed by atoms with Gasteiger partial charge in [0.15, 0.2) is 5.13 Å². The Bertz CT molecular complexity index is 685. The number of aromatic nitrogens is 1. The molecule has 1 aliphatic rings. The number of hydrogen-bond acceptors (Lipinski definition) is 4. The highest BCUT2D eigenvalue weighted by Gasteiger charge is 2.26. The van der Waals surface area contributed by atoms with Crippen molar-refractivity contribution in [3.63, 3.8) is 0 Å². The number of amides is 1. The van der Waals surface area contributed by atoms with Crippen LogP contribution in [0.3, 0.4) is 0 Å². The van der Waals surface area contributed by atoms with Crippen molar-refractivity contribution in [3.8, 4) is 0 Å². The molecule has 0 spiro atoms. The second-order valence-electron chi connectivity index (χ2n) is 5.47. The number of carbonyl (C=O) groups is 1. The molecule has 0 aliphatic carbocycles. The third-order valence-corrected chi connectivity index (χ3v) is 5.23. The molecule has 3 rings (SSSR count). The fourth-order valence-electron chi connectivity index (χ4n) is 2.85. The molecule has 1 saturated heterocycles. The van der Waals surface area contributed by atoms with Crippen LogP contribution in [-0.2, 0) is 4.79 Å². The Labute approximate surface area is 133 Å². The van der Waals surface area contributed by atoms with Gasteiger partial charge in [-0.1, -0.05) is 22.9 Å². The lowest BCUT2D eigenvalue weighted by atomic mass is 9.98. The lowest BCUT2D eigenvalue weighted by Gasteiger charge is -2.31. The van der Waals surface area contributed by atoms with Crippen molar-refractivity contribution >= 4 is 44.2 Å². The number of nitrogens with zero attached hydrogens (tertiary/aromatic N) is 2. The molecule has 1 aromatic carbocycles. The minimum Gasteiger partial charge on any atom is -0.359 e. The van der Waals surface area contributed by atoms with Gasteiger partial charge in [0, 0.05) is 25.2 Å². The Hall–Kier alpha value is -1.33. The number of nitrogens with one attached hydrogen (secondary N) is 1. The molecule has 21 heavy (non-hydrogen) atoms. The Morgan fingerprint density at radius 2 is 2.33 bits per heavy atom. The Morgan fingerprint density at radius 1 is 1.52 bits per heavy atom. The summed E-state index contributed by atoms with van der Waals surface area (Å²) in [5, 5.41) is 4.49. The second-order valence-corrected chi connectivity index (χ2v) is 6.91. The van der Waals surface area contributed by atoms with E-state index < -0.39 is 0 Å². The molecule has 2 aromatic rings. The van der Waals surface area contributed by atoms with Gasteiger partial charge in [0.2, 0.25) is 5.91 Å². The molecule has 2 heterocycles. The van der Waals surface area contributed by atoms with Crippen LogP contribution in [0.5, 0.6) is 0 Å². The van der Waals surface area contributed by atoms with E-state index in [0.29, 0.717) is 0 Å². The summed E-state index contributed by atoms with van der Waals surface area (Å²) in [5.74, 6) is 0.181. The van der Waals surface area contributed by atoms with Crippen LogP contribution in [0, 0.1) is 12.8 Å². The largest absolute Gasteiger partial charge is 0.359 e. The van der Waals surface area contributed by atoms with Crippen molar-refractivity contribution < 1.29 is 4.79 Å². The number of fused-ring (bicyclic) bond motifs is 1. The second kappa shape index (κ2) is 5.81. The highest BCUT2D eigenvalue weighted by Crippen LogP contribution is 2.34. The molecule has 1 fully saturated rings. The molecule has 1 aromatic heterocycles. The molecule has 0 radical (unpaired) electrons. The average molecular weight is 324 g/mol. The fourth-order valence-corrected chi connectivity index (χ4v) is 4.30. The monoisotopic (exact) mass is 323 g/mol. The normalized spacial score (nSPS) is 19.0. The van der Waals surface area contributed by atoms with Gasteiger partial charge in [0.25, 0.3) is 0 Å². The van der Waals surface area contributed by atoms with E-state index in [0.717, 1.165) is 51.9 Å². The molecule has 0 bridgehead atoms. The van der Waals surface area contributed by atoms with E-state index in [-0.39, 0.29) is 11.8 Å². The van der Waals surface area contributed by atoms with Gasteiger partial charge in [-0.05, 0) is 37.5 Å². The van der Waals surface area contributed by atoms with E-state index in [1.807, 2.05) is 19.1 Å². The number of piperidine rings is 1. The SMILES string of the molecule is CNC(=O)C1CCCN(c2nc3c(C)cc(Cl)cc3s2)C1. The van der Waals surface area contributed by atoms with E-state index in [2.05, 4.69) is 10.2 Å². The zero-order valence-corrected chi connectivity index (χ0v) is 13.7. The summed E-state index contributed by atoms with van der Waals surface area (Å²) >= 11 is 7.77. The van der Waals surface area contributed by atoms with Gasteiger partial charge in [0.05, 0.1) is 16.1 Å². The minimum atomic E-state index is 0.0560. The zero-order valence-electron chi connectivity index (χ0n) is 12.1. The maximum atomic E-state index is 11.8. The third-order valence-electron chi connectivity index (χ3n) is 3.95. The number of rotatable bonds is 2. The van der Waals surface area contributed by atoms with E-state index >= 15 is 0 Å². The van der Waals surface area contributed by atoms with Gasteiger partial charge in [-0.15, -0.1) is 0 Å². The highest BCUT2D eigenvalue weighted by atomic mass is 35.5. The van der Waals surface area contributed by atoms with Crippen LogP contribution in [0.4, 0.5) is 5.13 Å². The lowest BCUT2D eigenvalue weighted by molar-refractivity contribution is -0.124. The van der Waals surface area contributed by atoms with E-state index in [9.17, 15) is 4.79 Å². The van der Waals surface area contributed by atoms with E-state index in [1.54, 1.807) is 18.4 Å². The Morgan fingerprint density at radius 3 is 3.10 bits per heavy atom. The number of halogens is 1. The maximum absolute atomic E-state index is 11.8. The number of thiazole rings is 1. The van der Waals surface area contributed by atoms with Gasteiger partial charge in [-0.3, -0.25) is 4.79 Å². The van der Waals surface area contributed by atoms with Crippen molar-refractivity contribution in [2.45, 2.75) is 19.8 Å². The first-order valence-electron chi connectivity index (χ1n) is 7.11. The number of anilines is 1. The van der Waals surface area contributed by atoms with Crippen LogP contribution in [0.1, 0.15) is 18.4 Å². The predicted octanol–water partition coefficient (Wildman–Crippen LogP) is 3.22. The van der Waals surface area contributed by atoms with Crippen LogP contribution < -0.4 is 10.2 Å². The smallest absolute Gasteiger partial charge is 0.224 e. The summed E-state index contributed by atoms with van der Waals surface area (Å²) in [6, 6.07) is 3.90. The average Bonchev–Trinajstić information content (AvgIpc) is 2.91. The van der Waals surface area contributed by atoms with Gasteiger partial charge in [-0.2, -0.15) is 0 Å². The van der Waals surface area contributed by atoms with Crippen molar-refractivity contribution in [3.05, 3.63) is 22.7 Å². The number of hydrogen-bond donors (Lipinski definition) is 1. The van der Waals surface area contributed by atoms with Gasteiger partial charge >= 0.3 is 0 Å². The first-order chi connectivity index (χ1) is 10.1. The quantitative estimate of drug-likeness (QED) is 0.923. The highest BCUT2D eigenvalue weighted by molar-refractivity contribution is 7.22. The third kappa shape index (κ3) is 2.85. The first-order valence-corrected chi connectivity index (χ1v) is 8.31. The molecule has 4 nitrogen and oxygen atoms in total. The molecule has 1 aliphatic heterocycles. The molecule has 1 N–H and O–H groups in total. The Balaban J connectivity index is 1.89. The number of benzene rings is 1. The maximum Gasteiger partial charge on any atom is 0.224 e. The number of aryl methyl sites for hydroxylation is 1. The molecule has 6 heteroatoms. The number of carbonyl (C=O) groups excluding carboxylic acids is 1. The molecule has 1 atom stereocenters. The summed E-state index contributed by atoms with van der Waals surface area (Å²) < 4.78 is 1.11. The summed E-state index contributed by atoms with van der Waals surface area (Å²) in [7, 11) is 1.70. The van der Waals surface area contributed by atoms with E-state index in [1.165, 1.54) is 0 Å². The molecule has 0 saturated carbocycles. The van der Waals surface area contributed by atoms with E-state index in [4.69, 9.17) is 16.6 Å². The predicted molar refractivity (Wildman–Crippen MR) is 88.4 cm³/mol. The van der Waals surface area contributed by atoms with Gasteiger partial charge < -0.3 is 10.2 Å². The molecule has 112 valence electrons. The molecule has 1 unspecified atom stereocenters. The van der Waals surface area contributed by atoms with Crippen LogP contribution in [0.15, 0.2) is 12.1 Å². The van der Waals surface area contributed by atoms with Crippen molar-refractivity contribution in [2.75, 3.05) is 25.0 Å². The van der Waals surface area contributed by atoms with Crippen LogP contribution in [-0.4, -0.2) is 31.0 Å². The van der Waals surface area contributed by atoms with Crippen molar-refractivity contribution in [2.24, 2.45) is 5.92 Å². The fraction of sp³-hybridized carbons (Fsp3) is 0.467. The van der Waals surface area contributed by atoms with Crippen LogP contribution in [0.2, 0.25) is 5.02 Å². The zero-order chi connectivity index (χ0) is 15.0. The van der Waals surface area contributed by atoms with Gasteiger partial charge in [0.1, 0.15) is 0 Å². The van der Waals surface area contributed by atoms with Crippen LogP contribution >= 0.6 is 22.9 Å². The van der Waals surface area contributed by atoms with Gasteiger partial charge in [-0.25, -0.2) is 4.98 Å². The molecule has 1 amide bonds. The topological polar surface area (TPSA) is 45.2 Å². The van der Waals surface area contributed by atoms with Crippen molar-refractivity contribution in [1.29, 1.82) is 0 Å². The Kier molecular flexibility index (Phi) is 4.04. The summed E-state index contributed by atoms with van der Waals surface area (Å²) in [4.78, 5) is 18.8.